The average Bonchev–Trinajstić information content (AvgIpc) is 2.96. The third-order valence-corrected chi connectivity index (χ3v) is 4.31. The first-order valence-corrected chi connectivity index (χ1v) is 8.51. The zero-order valence-corrected chi connectivity index (χ0v) is 15.2. The summed E-state index contributed by atoms with van der Waals surface area (Å²) in [5.41, 5.74) is -0.172. The molecule has 4 rings (SSSR count). The summed E-state index contributed by atoms with van der Waals surface area (Å²) in [6.07, 6.45) is -2.29. The first kappa shape index (κ1) is 19.6. The van der Waals surface area contributed by atoms with E-state index in [0.29, 0.717) is 10.6 Å². The van der Waals surface area contributed by atoms with Crippen molar-refractivity contribution in [1.82, 2.24) is 14.5 Å². The van der Waals surface area contributed by atoms with Crippen LogP contribution in [0.4, 0.5) is 33.5 Å². The predicted octanol–water partition coefficient (Wildman–Crippen LogP) is 4.40. The van der Waals surface area contributed by atoms with Crippen molar-refractivity contribution in [3.05, 3.63) is 77.0 Å². The van der Waals surface area contributed by atoms with Crippen molar-refractivity contribution in [3.63, 3.8) is 0 Å². The highest BCUT2D eigenvalue weighted by Gasteiger charge is 2.30. The lowest BCUT2D eigenvalue weighted by Gasteiger charge is -2.11. The van der Waals surface area contributed by atoms with Crippen molar-refractivity contribution in [2.45, 2.75) is 13.1 Å². The summed E-state index contributed by atoms with van der Waals surface area (Å²) < 4.78 is 67.1. The minimum Gasteiger partial charge on any atom is -0.619 e. The normalized spacial score (nSPS) is 11.8. The monoisotopic (exact) mass is 421 g/mol. The van der Waals surface area contributed by atoms with Crippen molar-refractivity contribution >= 4 is 22.5 Å². The maximum Gasteiger partial charge on any atom is 0.416 e. The molecular weight excluding hydrogens is 409 g/mol. The fraction of sp³-hybridized carbons (Fsp3) is 0.105. The van der Waals surface area contributed by atoms with Gasteiger partial charge < -0.3 is 10.5 Å². The standard InChI is InChI=1S/C19H12F5N5O/c1-10-25-15-6-13(20)14(21)7-16(15)29(10)18-9-28(30)8-17(27-18)26-12-4-2-11(3-5-12)19(22,23)24/h2-9H,1H3,(H,26,27). The van der Waals surface area contributed by atoms with Crippen LogP contribution in [0.15, 0.2) is 48.8 Å². The van der Waals surface area contributed by atoms with E-state index >= 15 is 0 Å². The number of fused-ring (bicyclic) bond motifs is 1. The molecule has 0 saturated heterocycles. The number of imidazole rings is 1. The Hall–Kier alpha value is -3.76. The van der Waals surface area contributed by atoms with Gasteiger partial charge in [-0.05, 0) is 31.2 Å². The second kappa shape index (κ2) is 6.94. The molecule has 0 saturated carbocycles. The summed E-state index contributed by atoms with van der Waals surface area (Å²) in [4.78, 5) is 8.40. The minimum atomic E-state index is -4.47. The Balaban J connectivity index is 1.73. The molecule has 4 aromatic rings. The Kier molecular flexibility index (Phi) is 4.52. The summed E-state index contributed by atoms with van der Waals surface area (Å²) in [6, 6.07) is 6.05. The van der Waals surface area contributed by atoms with Gasteiger partial charge in [-0.1, -0.05) is 0 Å². The van der Waals surface area contributed by atoms with E-state index in [4.69, 9.17) is 0 Å². The molecule has 2 heterocycles. The molecule has 0 aliphatic heterocycles. The number of alkyl halides is 3. The molecule has 1 N–H and O–H groups in total. The fourth-order valence-corrected chi connectivity index (χ4v) is 2.99. The fourth-order valence-electron chi connectivity index (χ4n) is 2.99. The van der Waals surface area contributed by atoms with Gasteiger partial charge in [-0.15, -0.1) is 0 Å². The van der Waals surface area contributed by atoms with E-state index in [9.17, 15) is 27.2 Å². The van der Waals surface area contributed by atoms with Crippen molar-refractivity contribution in [3.8, 4) is 5.82 Å². The molecule has 0 radical (unpaired) electrons. The molecule has 0 unspecified atom stereocenters. The van der Waals surface area contributed by atoms with Crippen molar-refractivity contribution in [1.29, 1.82) is 0 Å². The van der Waals surface area contributed by atoms with Crippen LogP contribution in [0.5, 0.6) is 0 Å². The molecule has 0 amide bonds. The van der Waals surface area contributed by atoms with Gasteiger partial charge in [0.25, 0.3) is 0 Å². The van der Waals surface area contributed by atoms with Crippen LogP contribution in [0, 0.1) is 23.8 Å². The Morgan fingerprint density at radius 3 is 2.33 bits per heavy atom. The van der Waals surface area contributed by atoms with Crippen LogP contribution in [0.2, 0.25) is 0 Å². The molecule has 0 aliphatic rings. The van der Waals surface area contributed by atoms with Crippen LogP contribution in [-0.4, -0.2) is 14.5 Å². The number of halogens is 5. The lowest BCUT2D eigenvalue weighted by Crippen LogP contribution is -2.27. The van der Waals surface area contributed by atoms with Gasteiger partial charge in [0, 0.05) is 17.8 Å². The molecule has 0 aliphatic carbocycles. The molecule has 30 heavy (non-hydrogen) atoms. The van der Waals surface area contributed by atoms with Gasteiger partial charge in [-0.2, -0.15) is 17.9 Å². The quantitative estimate of drug-likeness (QED) is 0.302. The highest BCUT2D eigenvalue weighted by atomic mass is 19.4. The van der Waals surface area contributed by atoms with Gasteiger partial charge in [0.15, 0.2) is 17.5 Å². The zero-order valence-electron chi connectivity index (χ0n) is 15.2. The highest BCUT2D eigenvalue weighted by molar-refractivity contribution is 5.78. The number of anilines is 2. The smallest absolute Gasteiger partial charge is 0.416 e. The zero-order chi connectivity index (χ0) is 21.6. The summed E-state index contributed by atoms with van der Waals surface area (Å²) in [7, 11) is 0. The Bertz CT molecular complexity index is 1250. The number of nitrogens with zero attached hydrogens (tertiary/aromatic N) is 4. The average molecular weight is 421 g/mol. The maximum absolute atomic E-state index is 13.7. The number of hydrogen-bond acceptors (Lipinski definition) is 4. The van der Waals surface area contributed by atoms with Gasteiger partial charge in [-0.3, -0.25) is 4.57 Å². The van der Waals surface area contributed by atoms with Crippen LogP contribution >= 0.6 is 0 Å². The topological polar surface area (TPSA) is 69.7 Å². The molecule has 0 atom stereocenters. The van der Waals surface area contributed by atoms with Gasteiger partial charge >= 0.3 is 6.18 Å². The number of benzene rings is 2. The van der Waals surface area contributed by atoms with Crippen molar-refractivity contribution in [2.24, 2.45) is 0 Å². The van der Waals surface area contributed by atoms with E-state index in [1.165, 1.54) is 16.7 Å². The Morgan fingerprint density at radius 1 is 1.00 bits per heavy atom. The summed E-state index contributed by atoms with van der Waals surface area (Å²) in [5, 5.41) is 14.8. The minimum absolute atomic E-state index is 0.0334. The first-order valence-electron chi connectivity index (χ1n) is 8.51. The van der Waals surface area contributed by atoms with Crippen LogP contribution in [0.25, 0.3) is 16.9 Å². The van der Waals surface area contributed by atoms with E-state index in [1.54, 1.807) is 6.92 Å². The van der Waals surface area contributed by atoms with E-state index < -0.39 is 23.4 Å². The number of aromatic nitrogens is 4. The van der Waals surface area contributed by atoms with Gasteiger partial charge in [0.05, 0.1) is 16.6 Å². The molecule has 2 aromatic carbocycles. The molecule has 0 fully saturated rings. The molecule has 6 nitrogen and oxygen atoms in total. The molecule has 11 heteroatoms. The molecule has 154 valence electrons. The number of rotatable bonds is 3. The van der Waals surface area contributed by atoms with Gasteiger partial charge in [0.1, 0.15) is 5.82 Å². The molecule has 2 aromatic heterocycles. The summed E-state index contributed by atoms with van der Waals surface area (Å²) >= 11 is 0. The van der Waals surface area contributed by atoms with E-state index in [1.807, 2.05) is 0 Å². The van der Waals surface area contributed by atoms with Crippen LogP contribution in [0.1, 0.15) is 11.4 Å². The van der Waals surface area contributed by atoms with E-state index in [2.05, 4.69) is 15.3 Å². The second-order valence-corrected chi connectivity index (χ2v) is 6.42. The highest BCUT2D eigenvalue weighted by Crippen LogP contribution is 2.30. The van der Waals surface area contributed by atoms with Crippen molar-refractivity contribution in [2.75, 3.05) is 5.32 Å². The largest absolute Gasteiger partial charge is 0.619 e. The maximum atomic E-state index is 13.7. The molecular formula is C19H12F5N5O. The Morgan fingerprint density at radius 2 is 1.67 bits per heavy atom. The molecule has 0 bridgehead atoms. The van der Waals surface area contributed by atoms with Crippen LogP contribution in [0.3, 0.4) is 0 Å². The molecule has 0 spiro atoms. The number of nitrogens with one attached hydrogen (secondary N) is 1. The van der Waals surface area contributed by atoms with Crippen LogP contribution in [-0.2, 0) is 6.18 Å². The van der Waals surface area contributed by atoms with Crippen molar-refractivity contribution < 1.29 is 26.7 Å². The number of aryl methyl sites for hydroxylation is 1. The lowest BCUT2D eigenvalue weighted by molar-refractivity contribution is -0.604. The third kappa shape index (κ3) is 3.61. The van der Waals surface area contributed by atoms with E-state index in [0.717, 1.165) is 36.7 Å². The first-order chi connectivity index (χ1) is 14.1. The van der Waals surface area contributed by atoms with E-state index in [-0.39, 0.29) is 28.4 Å². The summed E-state index contributed by atoms with van der Waals surface area (Å²) in [5.74, 6) is -1.72. The third-order valence-electron chi connectivity index (χ3n) is 4.31. The Labute approximate surface area is 165 Å². The predicted molar refractivity (Wildman–Crippen MR) is 97.2 cm³/mol. The van der Waals surface area contributed by atoms with Gasteiger partial charge in [-0.25, -0.2) is 18.7 Å². The number of hydrogen-bond donors (Lipinski definition) is 1. The van der Waals surface area contributed by atoms with Gasteiger partial charge in [0.2, 0.25) is 18.2 Å². The SMILES string of the molecule is Cc1nc2cc(F)c(F)cc2n1-c1c[n+]([O-])cc(Nc2ccc(C(F)(F)F)cc2)n1. The summed E-state index contributed by atoms with van der Waals surface area (Å²) in [6.45, 7) is 1.57. The van der Waals surface area contributed by atoms with Crippen LogP contribution < -0.4 is 10.0 Å². The second-order valence-electron chi connectivity index (χ2n) is 6.42. The lowest BCUT2D eigenvalue weighted by atomic mass is 10.2.